The van der Waals surface area contributed by atoms with Crippen LogP contribution in [0.5, 0.6) is 0 Å². The highest BCUT2D eigenvalue weighted by Crippen LogP contribution is 2.14. The topological polar surface area (TPSA) is 0 Å². The van der Waals surface area contributed by atoms with E-state index in [0.29, 0.717) is 0 Å². The maximum absolute atomic E-state index is 3.59. The first-order valence-corrected chi connectivity index (χ1v) is 5.14. The van der Waals surface area contributed by atoms with Crippen LogP contribution in [0.2, 0.25) is 0 Å². The van der Waals surface area contributed by atoms with Crippen molar-refractivity contribution in [1.29, 1.82) is 0 Å². The van der Waals surface area contributed by atoms with Crippen LogP contribution in [-0.2, 0) is 0 Å². The SMILES string of the molecule is C=C/C=C/CCCC=C(Br)Br. The second kappa shape index (κ2) is 8.28. The van der Waals surface area contributed by atoms with Crippen molar-refractivity contribution in [3.63, 3.8) is 0 Å². The molecule has 0 aromatic carbocycles. The summed E-state index contributed by atoms with van der Waals surface area (Å²) >= 11 is 6.60. The van der Waals surface area contributed by atoms with Crippen LogP contribution < -0.4 is 0 Å². The predicted molar refractivity (Wildman–Crippen MR) is 59.1 cm³/mol. The lowest BCUT2D eigenvalue weighted by Crippen LogP contribution is -1.68. The Labute approximate surface area is 85.3 Å². The summed E-state index contributed by atoms with van der Waals surface area (Å²) in [4.78, 5) is 0. The van der Waals surface area contributed by atoms with E-state index in [-0.39, 0.29) is 0 Å². The second-order valence-electron chi connectivity index (χ2n) is 2.09. The Bertz CT molecular complexity index is 153. The van der Waals surface area contributed by atoms with Crippen molar-refractivity contribution >= 4 is 31.9 Å². The van der Waals surface area contributed by atoms with Gasteiger partial charge in [-0.25, -0.2) is 0 Å². The van der Waals surface area contributed by atoms with Crippen molar-refractivity contribution in [2.24, 2.45) is 0 Å². The van der Waals surface area contributed by atoms with Crippen LogP contribution in [-0.4, -0.2) is 0 Å². The van der Waals surface area contributed by atoms with Gasteiger partial charge in [-0.15, -0.1) is 0 Å². The van der Waals surface area contributed by atoms with Gasteiger partial charge in [0.15, 0.2) is 0 Å². The van der Waals surface area contributed by atoms with Crippen molar-refractivity contribution in [1.82, 2.24) is 0 Å². The molecular formula is C9H12Br2. The fraction of sp³-hybridized carbons (Fsp3) is 0.333. The number of hydrogen-bond acceptors (Lipinski definition) is 0. The van der Waals surface area contributed by atoms with E-state index in [9.17, 15) is 0 Å². The summed E-state index contributed by atoms with van der Waals surface area (Å²) in [5.41, 5.74) is 0. The first-order valence-electron chi connectivity index (χ1n) is 3.56. The number of unbranched alkanes of at least 4 members (excludes halogenated alkanes) is 2. The summed E-state index contributed by atoms with van der Waals surface area (Å²) in [5.74, 6) is 0. The third kappa shape index (κ3) is 10.2. The van der Waals surface area contributed by atoms with Crippen molar-refractivity contribution in [2.75, 3.05) is 0 Å². The zero-order chi connectivity index (χ0) is 8.53. The monoisotopic (exact) mass is 278 g/mol. The van der Waals surface area contributed by atoms with Crippen LogP contribution in [0.1, 0.15) is 19.3 Å². The van der Waals surface area contributed by atoms with Crippen LogP contribution in [0.15, 0.2) is 34.3 Å². The van der Waals surface area contributed by atoms with Gasteiger partial charge in [0.25, 0.3) is 0 Å². The summed E-state index contributed by atoms with van der Waals surface area (Å²) in [6.45, 7) is 3.59. The lowest BCUT2D eigenvalue weighted by atomic mass is 10.2. The molecule has 62 valence electrons. The summed E-state index contributed by atoms with van der Waals surface area (Å²) in [7, 11) is 0. The van der Waals surface area contributed by atoms with E-state index in [0.717, 1.165) is 16.2 Å². The van der Waals surface area contributed by atoms with Crippen LogP contribution >= 0.6 is 31.9 Å². The van der Waals surface area contributed by atoms with E-state index in [1.165, 1.54) is 6.42 Å². The third-order valence-electron chi connectivity index (χ3n) is 1.15. The highest BCUT2D eigenvalue weighted by Gasteiger charge is 1.82. The molecule has 0 rings (SSSR count). The Morgan fingerprint density at radius 2 is 2.00 bits per heavy atom. The average molecular weight is 280 g/mol. The fourth-order valence-corrected chi connectivity index (χ4v) is 1.10. The smallest absolute Gasteiger partial charge is 0.0564 e. The molecule has 0 aliphatic rings. The van der Waals surface area contributed by atoms with Crippen LogP contribution in [0.3, 0.4) is 0 Å². The Balaban J connectivity index is 3.21. The quantitative estimate of drug-likeness (QED) is 0.512. The number of allylic oxidation sites excluding steroid dienone is 4. The van der Waals surface area contributed by atoms with Crippen molar-refractivity contribution in [3.8, 4) is 0 Å². The molecule has 0 spiro atoms. The number of hydrogen-bond donors (Lipinski definition) is 0. The maximum Gasteiger partial charge on any atom is 0.0564 e. The molecule has 0 bridgehead atoms. The molecule has 0 heterocycles. The van der Waals surface area contributed by atoms with Gasteiger partial charge in [-0.05, 0) is 51.1 Å². The fourth-order valence-electron chi connectivity index (χ4n) is 0.639. The standard InChI is InChI=1S/C9H12Br2/c1-2-3-4-5-6-7-8-9(10)11/h2-4,8H,1,5-7H2/b4-3+. The maximum atomic E-state index is 3.59. The zero-order valence-electron chi connectivity index (χ0n) is 6.39. The van der Waals surface area contributed by atoms with E-state index in [1.54, 1.807) is 6.08 Å². The van der Waals surface area contributed by atoms with Crippen molar-refractivity contribution in [2.45, 2.75) is 19.3 Å². The first kappa shape index (κ1) is 11.2. The minimum absolute atomic E-state index is 1.04. The molecule has 0 saturated heterocycles. The van der Waals surface area contributed by atoms with Crippen LogP contribution in [0.25, 0.3) is 0 Å². The molecule has 0 aromatic rings. The molecule has 0 amide bonds. The highest BCUT2D eigenvalue weighted by molar-refractivity contribution is 9.28. The minimum atomic E-state index is 1.04. The van der Waals surface area contributed by atoms with Gasteiger partial charge in [-0.3, -0.25) is 0 Å². The first-order chi connectivity index (χ1) is 5.27. The van der Waals surface area contributed by atoms with E-state index in [4.69, 9.17) is 0 Å². The van der Waals surface area contributed by atoms with E-state index < -0.39 is 0 Å². The van der Waals surface area contributed by atoms with Crippen LogP contribution in [0, 0.1) is 0 Å². The molecule has 0 saturated carbocycles. The molecule has 0 aliphatic heterocycles. The summed E-state index contributed by atoms with van der Waals surface area (Å²) < 4.78 is 1.04. The molecule has 0 atom stereocenters. The van der Waals surface area contributed by atoms with Gasteiger partial charge in [0.1, 0.15) is 0 Å². The van der Waals surface area contributed by atoms with Gasteiger partial charge >= 0.3 is 0 Å². The molecular weight excluding hydrogens is 268 g/mol. The molecule has 0 fully saturated rings. The second-order valence-corrected chi connectivity index (χ2v) is 4.86. The van der Waals surface area contributed by atoms with Crippen molar-refractivity contribution < 1.29 is 0 Å². The Kier molecular flexibility index (Phi) is 8.41. The molecule has 11 heavy (non-hydrogen) atoms. The van der Waals surface area contributed by atoms with Gasteiger partial charge in [-0.2, -0.15) is 0 Å². The van der Waals surface area contributed by atoms with E-state index in [2.05, 4.69) is 50.6 Å². The Morgan fingerprint density at radius 3 is 2.55 bits per heavy atom. The molecule has 0 nitrogen and oxygen atoms in total. The van der Waals surface area contributed by atoms with Gasteiger partial charge in [0.05, 0.1) is 3.39 Å². The Hall–Kier alpha value is 0.180. The zero-order valence-corrected chi connectivity index (χ0v) is 9.57. The van der Waals surface area contributed by atoms with E-state index >= 15 is 0 Å². The van der Waals surface area contributed by atoms with Gasteiger partial charge in [-0.1, -0.05) is 30.9 Å². The minimum Gasteiger partial charge on any atom is -0.0991 e. The number of rotatable bonds is 5. The largest absolute Gasteiger partial charge is 0.0991 e. The molecule has 0 radical (unpaired) electrons. The average Bonchev–Trinajstić information content (AvgIpc) is 1.96. The molecule has 0 aliphatic carbocycles. The number of halogens is 2. The molecule has 0 unspecified atom stereocenters. The summed E-state index contributed by atoms with van der Waals surface area (Å²) in [5, 5.41) is 0. The Morgan fingerprint density at radius 1 is 1.27 bits per heavy atom. The molecule has 2 heteroatoms. The third-order valence-corrected chi connectivity index (χ3v) is 1.79. The summed E-state index contributed by atoms with van der Waals surface area (Å²) in [6, 6.07) is 0. The molecule has 0 aromatic heterocycles. The highest BCUT2D eigenvalue weighted by atomic mass is 79.9. The molecule has 0 N–H and O–H groups in total. The van der Waals surface area contributed by atoms with Gasteiger partial charge < -0.3 is 0 Å². The summed E-state index contributed by atoms with van der Waals surface area (Å²) in [6.07, 6.45) is 11.4. The predicted octanol–water partition coefficient (Wildman–Crippen LogP) is 4.53. The van der Waals surface area contributed by atoms with Crippen molar-refractivity contribution in [3.05, 3.63) is 34.3 Å². The normalized spacial score (nSPS) is 10.0. The van der Waals surface area contributed by atoms with E-state index in [1.807, 2.05) is 6.08 Å². The van der Waals surface area contributed by atoms with Gasteiger partial charge in [0, 0.05) is 0 Å². The lowest BCUT2D eigenvalue weighted by Gasteiger charge is -1.89. The lowest BCUT2D eigenvalue weighted by molar-refractivity contribution is 0.869. The van der Waals surface area contributed by atoms with Crippen LogP contribution in [0.4, 0.5) is 0 Å². The van der Waals surface area contributed by atoms with Gasteiger partial charge in [0.2, 0.25) is 0 Å².